The zero-order valence-electron chi connectivity index (χ0n) is 7.26. The zero-order valence-corrected chi connectivity index (χ0v) is 9.41. The third-order valence-electron chi connectivity index (χ3n) is 2.71. The van der Waals surface area contributed by atoms with E-state index in [2.05, 4.69) is 51.6 Å². The summed E-state index contributed by atoms with van der Waals surface area (Å²) in [5.74, 6) is 0. The molecule has 0 atom stereocenters. The Kier molecular flexibility index (Phi) is 2.14. The van der Waals surface area contributed by atoms with Crippen LogP contribution in [0.3, 0.4) is 0 Å². The standard InChI is InChI=1S/C9H13IN2/c1-9(4-2-5-9)7-12-6-3-8(10)11-12/h3,6H,2,4-5,7H2,1H3. The molecule has 12 heavy (non-hydrogen) atoms. The van der Waals surface area contributed by atoms with Gasteiger partial charge in [-0.25, -0.2) is 0 Å². The molecule has 1 fully saturated rings. The minimum atomic E-state index is 0.537. The number of hydrogen-bond acceptors (Lipinski definition) is 1. The highest BCUT2D eigenvalue weighted by atomic mass is 127. The third kappa shape index (κ3) is 1.65. The second-order valence-electron chi connectivity index (χ2n) is 4.00. The van der Waals surface area contributed by atoms with E-state index in [9.17, 15) is 0 Å². The van der Waals surface area contributed by atoms with Crippen molar-refractivity contribution >= 4 is 22.6 Å². The van der Waals surface area contributed by atoms with Crippen molar-refractivity contribution in [1.29, 1.82) is 0 Å². The van der Waals surface area contributed by atoms with Crippen molar-refractivity contribution in [2.45, 2.75) is 32.7 Å². The van der Waals surface area contributed by atoms with Crippen molar-refractivity contribution in [2.24, 2.45) is 5.41 Å². The van der Waals surface area contributed by atoms with E-state index in [4.69, 9.17) is 0 Å². The van der Waals surface area contributed by atoms with Gasteiger partial charge in [0.1, 0.15) is 3.70 Å². The SMILES string of the molecule is CC1(Cn2ccc(I)n2)CCC1. The van der Waals surface area contributed by atoms with Gasteiger partial charge in [0.2, 0.25) is 0 Å². The molecule has 0 bridgehead atoms. The van der Waals surface area contributed by atoms with Crippen molar-refractivity contribution in [3.05, 3.63) is 16.0 Å². The second kappa shape index (κ2) is 3.01. The van der Waals surface area contributed by atoms with Crippen molar-refractivity contribution < 1.29 is 0 Å². The van der Waals surface area contributed by atoms with Crippen LogP contribution >= 0.6 is 22.6 Å². The Morgan fingerprint density at radius 1 is 1.67 bits per heavy atom. The molecule has 0 saturated heterocycles. The van der Waals surface area contributed by atoms with Gasteiger partial charge in [-0.3, -0.25) is 4.68 Å². The van der Waals surface area contributed by atoms with Gasteiger partial charge in [0, 0.05) is 12.7 Å². The van der Waals surface area contributed by atoms with Crippen LogP contribution in [0.4, 0.5) is 0 Å². The summed E-state index contributed by atoms with van der Waals surface area (Å²) >= 11 is 2.25. The summed E-state index contributed by atoms with van der Waals surface area (Å²) < 4.78 is 3.16. The predicted molar refractivity (Wildman–Crippen MR) is 56.9 cm³/mol. The molecule has 0 spiro atoms. The van der Waals surface area contributed by atoms with Crippen LogP contribution in [0.5, 0.6) is 0 Å². The molecule has 1 heterocycles. The monoisotopic (exact) mass is 276 g/mol. The molecule has 2 rings (SSSR count). The number of nitrogens with zero attached hydrogens (tertiary/aromatic N) is 2. The molecular weight excluding hydrogens is 263 g/mol. The minimum Gasteiger partial charge on any atom is -0.271 e. The minimum absolute atomic E-state index is 0.537. The summed E-state index contributed by atoms with van der Waals surface area (Å²) in [6, 6.07) is 2.06. The Labute approximate surface area is 86.5 Å². The molecule has 66 valence electrons. The first-order valence-electron chi connectivity index (χ1n) is 4.37. The van der Waals surface area contributed by atoms with E-state index < -0.39 is 0 Å². The average molecular weight is 276 g/mol. The molecule has 1 aromatic rings. The zero-order chi connectivity index (χ0) is 8.60. The van der Waals surface area contributed by atoms with E-state index in [1.54, 1.807) is 0 Å². The summed E-state index contributed by atoms with van der Waals surface area (Å²) in [5, 5.41) is 4.38. The normalized spacial score (nSPS) is 20.5. The van der Waals surface area contributed by atoms with Gasteiger partial charge in [0.25, 0.3) is 0 Å². The van der Waals surface area contributed by atoms with Crippen LogP contribution in [0.15, 0.2) is 12.3 Å². The maximum Gasteiger partial charge on any atom is 0.123 e. The Balaban J connectivity index is 2.03. The highest BCUT2D eigenvalue weighted by Crippen LogP contribution is 2.41. The summed E-state index contributed by atoms with van der Waals surface area (Å²) in [4.78, 5) is 0. The Morgan fingerprint density at radius 3 is 2.83 bits per heavy atom. The molecule has 0 radical (unpaired) electrons. The summed E-state index contributed by atoms with van der Waals surface area (Å²) in [7, 11) is 0. The van der Waals surface area contributed by atoms with Crippen LogP contribution in [0.2, 0.25) is 0 Å². The fourth-order valence-corrected chi connectivity index (χ4v) is 2.19. The summed E-state index contributed by atoms with van der Waals surface area (Å²) in [5.41, 5.74) is 0.537. The highest BCUT2D eigenvalue weighted by molar-refractivity contribution is 14.1. The number of aromatic nitrogens is 2. The average Bonchev–Trinajstić information content (AvgIpc) is 2.32. The van der Waals surface area contributed by atoms with Gasteiger partial charge >= 0.3 is 0 Å². The van der Waals surface area contributed by atoms with Crippen LogP contribution < -0.4 is 0 Å². The van der Waals surface area contributed by atoms with Gasteiger partial charge in [-0.15, -0.1) is 0 Å². The lowest BCUT2D eigenvalue weighted by Crippen LogP contribution is -2.30. The van der Waals surface area contributed by atoms with Crippen LogP contribution in [-0.4, -0.2) is 9.78 Å². The molecule has 1 aliphatic rings. The lowest BCUT2D eigenvalue weighted by atomic mass is 9.70. The predicted octanol–water partition coefficient (Wildman–Crippen LogP) is 2.68. The van der Waals surface area contributed by atoms with Crippen molar-refractivity contribution in [1.82, 2.24) is 9.78 Å². The second-order valence-corrected chi connectivity index (χ2v) is 5.11. The number of halogens is 1. The van der Waals surface area contributed by atoms with Crippen molar-refractivity contribution in [3.8, 4) is 0 Å². The van der Waals surface area contributed by atoms with Gasteiger partial charge in [-0.2, -0.15) is 5.10 Å². The van der Waals surface area contributed by atoms with Crippen LogP contribution in [0, 0.1) is 9.12 Å². The molecule has 0 amide bonds. The number of rotatable bonds is 2. The molecule has 1 saturated carbocycles. The van der Waals surface area contributed by atoms with Gasteiger partial charge in [0.15, 0.2) is 0 Å². The van der Waals surface area contributed by atoms with E-state index in [1.165, 1.54) is 19.3 Å². The molecule has 1 aliphatic carbocycles. The highest BCUT2D eigenvalue weighted by Gasteiger charge is 2.32. The Bertz CT molecular complexity index is 276. The Morgan fingerprint density at radius 2 is 2.42 bits per heavy atom. The topological polar surface area (TPSA) is 17.8 Å². The maximum atomic E-state index is 4.38. The molecule has 3 heteroatoms. The van der Waals surface area contributed by atoms with E-state index >= 15 is 0 Å². The first-order valence-corrected chi connectivity index (χ1v) is 5.45. The molecule has 1 aromatic heterocycles. The quantitative estimate of drug-likeness (QED) is 0.759. The number of hydrogen-bond donors (Lipinski definition) is 0. The molecule has 2 nitrogen and oxygen atoms in total. The molecular formula is C9H13IN2. The lowest BCUT2D eigenvalue weighted by molar-refractivity contribution is 0.126. The van der Waals surface area contributed by atoms with Gasteiger partial charge in [-0.1, -0.05) is 13.3 Å². The van der Waals surface area contributed by atoms with E-state index in [0.717, 1.165) is 10.2 Å². The maximum absolute atomic E-state index is 4.38. The van der Waals surface area contributed by atoms with Gasteiger partial charge < -0.3 is 0 Å². The lowest BCUT2D eigenvalue weighted by Gasteiger charge is -2.38. The van der Waals surface area contributed by atoms with Gasteiger partial charge in [0.05, 0.1) is 0 Å². The Hall–Kier alpha value is -0.0600. The third-order valence-corrected chi connectivity index (χ3v) is 3.29. The molecule has 0 aromatic carbocycles. The summed E-state index contributed by atoms with van der Waals surface area (Å²) in [6.45, 7) is 3.45. The fourth-order valence-electron chi connectivity index (χ4n) is 1.75. The van der Waals surface area contributed by atoms with E-state index in [1.807, 2.05) is 0 Å². The van der Waals surface area contributed by atoms with Crippen LogP contribution in [0.25, 0.3) is 0 Å². The van der Waals surface area contributed by atoms with E-state index in [-0.39, 0.29) is 0 Å². The first kappa shape index (κ1) is 8.53. The van der Waals surface area contributed by atoms with E-state index in [0.29, 0.717) is 5.41 Å². The molecule has 0 N–H and O–H groups in total. The summed E-state index contributed by atoms with van der Waals surface area (Å²) in [6.07, 6.45) is 6.20. The van der Waals surface area contributed by atoms with Crippen LogP contribution in [-0.2, 0) is 6.54 Å². The van der Waals surface area contributed by atoms with Crippen molar-refractivity contribution in [2.75, 3.05) is 0 Å². The first-order chi connectivity index (χ1) is 5.68. The fraction of sp³-hybridized carbons (Fsp3) is 0.667. The molecule has 0 aliphatic heterocycles. The molecule has 0 unspecified atom stereocenters. The smallest absolute Gasteiger partial charge is 0.123 e. The van der Waals surface area contributed by atoms with Crippen molar-refractivity contribution in [3.63, 3.8) is 0 Å². The largest absolute Gasteiger partial charge is 0.271 e. The van der Waals surface area contributed by atoms with Gasteiger partial charge in [-0.05, 0) is 46.9 Å². The van der Waals surface area contributed by atoms with Crippen LogP contribution in [0.1, 0.15) is 26.2 Å².